The molecular weight excluding hydrogens is 322 g/mol. The van der Waals surface area contributed by atoms with Crippen molar-refractivity contribution in [3.63, 3.8) is 0 Å². The summed E-state index contributed by atoms with van der Waals surface area (Å²) in [6.07, 6.45) is 1.82. The lowest BCUT2D eigenvalue weighted by Gasteiger charge is -2.19. The van der Waals surface area contributed by atoms with Gasteiger partial charge < -0.3 is 0 Å². The number of dihydropyridines is 1. The molecule has 3 rings (SSSR count). The average Bonchev–Trinajstić information content (AvgIpc) is 2.62. The molecule has 0 N–H and O–H groups in total. The van der Waals surface area contributed by atoms with E-state index in [0.717, 1.165) is 11.1 Å². The van der Waals surface area contributed by atoms with Crippen LogP contribution in [0.2, 0.25) is 0 Å². The van der Waals surface area contributed by atoms with Crippen LogP contribution >= 0.6 is 12.2 Å². The predicted octanol–water partition coefficient (Wildman–Crippen LogP) is 3.95. The Hall–Kier alpha value is -3.17. The number of nitro benzene ring substituents is 1. The Morgan fingerprint density at radius 1 is 1.08 bits per heavy atom. The molecule has 1 atom stereocenters. The number of hydrogen-bond donors (Lipinski definition) is 0. The van der Waals surface area contributed by atoms with Gasteiger partial charge in [-0.1, -0.05) is 42.5 Å². The molecule has 1 aliphatic rings. The fourth-order valence-corrected chi connectivity index (χ4v) is 2.76. The Labute approximate surface area is 143 Å². The highest BCUT2D eigenvalue weighted by atomic mass is 32.1. The first-order chi connectivity index (χ1) is 11.6. The molecule has 0 aliphatic carbocycles. The summed E-state index contributed by atoms with van der Waals surface area (Å²) in [4.78, 5) is 14.9. The predicted molar refractivity (Wildman–Crippen MR) is 95.8 cm³/mol. The molecule has 0 saturated carbocycles. The van der Waals surface area contributed by atoms with Gasteiger partial charge in [-0.3, -0.25) is 10.1 Å². The number of allylic oxidation sites excluding steroid dienone is 1. The van der Waals surface area contributed by atoms with E-state index < -0.39 is 10.8 Å². The normalized spacial score (nSPS) is 16.8. The summed E-state index contributed by atoms with van der Waals surface area (Å²) in [6.45, 7) is 0. The van der Waals surface area contributed by atoms with Crippen molar-refractivity contribution < 1.29 is 4.92 Å². The van der Waals surface area contributed by atoms with Crippen molar-refractivity contribution in [2.24, 2.45) is 10.9 Å². The van der Waals surface area contributed by atoms with E-state index in [1.165, 1.54) is 12.1 Å². The van der Waals surface area contributed by atoms with Crippen molar-refractivity contribution in [2.45, 2.75) is 0 Å². The Bertz CT molecular complexity index is 910. The molecule has 0 aromatic heterocycles. The van der Waals surface area contributed by atoms with Crippen molar-refractivity contribution in [1.29, 1.82) is 5.26 Å². The van der Waals surface area contributed by atoms with Gasteiger partial charge in [0.1, 0.15) is 10.9 Å². The number of nitro groups is 1. The van der Waals surface area contributed by atoms with E-state index in [-0.39, 0.29) is 5.69 Å². The summed E-state index contributed by atoms with van der Waals surface area (Å²) in [5, 5.41) is 20.2. The molecular formula is C18H11N3O2S. The first kappa shape index (κ1) is 15.7. The maximum atomic E-state index is 10.8. The molecule has 24 heavy (non-hydrogen) atoms. The molecule has 5 nitrogen and oxygen atoms in total. The summed E-state index contributed by atoms with van der Waals surface area (Å²) in [6, 6.07) is 17.8. The third-order valence-electron chi connectivity index (χ3n) is 3.69. The minimum absolute atomic E-state index is 0.0138. The summed E-state index contributed by atoms with van der Waals surface area (Å²) >= 11 is 5.29. The van der Waals surface area contributed by atoms with Gasteiger partial charge in [0.15, 0.2) is 0 Å². The maximum absolute atomic E-state index is 10.8. The van der Waals surface area contributed by atoms with Gasteiger partial charge >= 0.3 is 0 Å². The first-order valence-corrected chi connectivity index (χ1v) is 7.55. The van der Waals surface area contributed by atoms with Gasteiger partial charge in [-0.15, -0.1) is 0 Å². The Balaban J connectivity index is 2.05. The lowest BCUT2D eigenvalue weighted by Crippen LogP contribution is -2.19. The summed E-state index contributed by atoms with van der Waals surface area (Å²) < 4.78 is 0. The third kappa shape index (κ3) is 2.98. The standard InChI is InChI=1S/C18H11N3O2S/c19-11-16-15(12-4-2-1-3-5-12)10-17(20-18(16)24)13-6-8-14(9-7-13)21(22)23/h1-10,16H/t16-/m1/s1. The van der Waals surface area contributed by atoms with Gasteiger partial charge in [-0.2, -0.15) is 5.26 Å². The van der Waals surface area contributed by atoms with Gasteiger partial charge in [0.05, 0.1) is 16.7 Å². The molecule has 2 aromatic carbocycles. The number of benzene rings is 2. The molecule has 2 aromatic rings. The number of aliphatic imine (C=N–C) groups is 1. The molecule has 0 fully saturated rings. The van der Waals surface area contributed by atoms with Crippen LogP contribution in [0.5, 0.6) is 0 Å². The third-order valence-corrected chi connectivity index (χ3v) is 4.02. The van der Waals surface area contributed by atoms with E-state index >= 15 is 0 Å². The fraction of sp³-hybridized carbons (Fsp3) is 0.0556. The minimum Gasteiger partial charge on any atom is -0.258 e. The maximum Gasteiger partial charge on any atom is 0.269 e. The van der Waals surface area contributed by atoms with Crippen LogP contribution in [0.1, 0.15) is 11.1 Å². The largest absolute Gasteiger partial charge is 0.269 e. The molecule has 0 bridgehead atoms. The lowest BCUT2D eigenvalue weighted by molar-refractivity contribution is -0.384. The van der Waals surface area contributed by atoms with E-state index in [1.54, 1.807) is 12.1 Å². The van der Waals surface area contributed by atoms with Crippen LogP contribution in [-0.2, 0) is 0 Å². The molecule has 116 valence electrons. The number of rotatable bonds is 3. The second-order valence-corrected chi connectivity index (χ2v) is 5.59. The number of thiocarbonyl (C=S) groups is 1. The van der Waals surface area contributed by atoms with E-state index in [2.05, 4.69) is 11.1 Å². The summed E-state index contributed by atoms with van der Waals surface area (Å²) in [5.74, 6) is -0.579. The average molecular weight is 333 g/mol. The molecule has 0 saturated heterocycles. The van der Waals surface area contributed by atoms with Crippen LogP contribution in [-0.4, -0.2) is 15.6 Å². The van der Waals surface area contributed by atoms with Crippen molar-refractivity contribution >= 4 is 34.2 Å². The zero-order chi connectivity index (χ0) is 17.1. The van der Waals surface area contributed by atoms with Crippen LogP contribution in [0.4, 0.5) is 5.69 Å². The monoisotopic (exact) mass is 333 g/mol. The highest BCUT2D eigenvalue weighted by molar-refractivity contribution is 7.80. The van der Waals surface area contributed by atoms with Crippen molar-refractivity contribution in [2.75, 3.05) is 0 Å². The zero-order valence-electron chi connectivity index (χ0n) is 12.4. The highest BCUT2D eigenvalue weighted by Crippen LogP contribution is 2.29. The van der Waals surface area contributed by atoms with Crippen molar-refractivity contribution in [1.82, 2.24) is 0 Å². The van der Waals surface area contributed by atoms with E-state index in [9.17, 15) is 15.4 Å². The summed E-state index contributed by atoms with van der Waals surface area (Å²) in [5.41, 5.74) is 3.01. The van der Waals surface area contributed by atoms with Gasteiger partial charge in [-0.25, -0.2) is 4.99 Å². The first-order valence-electron chi connectivity index (χ1n) is 7.14. The molecule has 6 heteroatoms. The number of nitriles is 1. The zero-order valence-corrected chi connectivity index (χ0v) is 13.2. The van der Waals surface area contributed by atoms with Gasteiger partial charge in [0.2, 0.25) is 0 Å². The number of hydrogen-bond acceptors (Lipinski definition) is 4. The Morgan fingerprint density at radius 3 is 2.33 bits per heavy atom. The second-order valence-electron chi connectivity index (χ2n) is 5.17. The molecule has 0 unspecified atom stereocenters. The quantitative estimate of drug-likeness (QED) is 0.484. The molecule has 0 radical (unpaired) electrons. The minimum atomic E-state index is -0.579. The highest BCUT2D eigenvalue weighted by Gasteiger charge is 2.25. The number of nitrogens with zero attached hydrogens (tertiary/aromatic N) is 3. The Morgan fingerprint density at radius 2 is 1.75 bits per heavy atom. The van der Waals surface area contributed by atoms with Crippen LogP contribution in [0.25, 0.3) is 5.57 Å². The van der Waals surface area contributed by atoms with Gasteiger partial charge in [-0.05, 0) is 29.3 Å². The molecule has 1 aliphatic heterocycles. The molecule has 1 heterocycles. The van der Waals surface area contributed by atoms with Gasteiger partial charge in [0.25, 0.3) is 5.69 Å². The van der Waals surface area contributed by atoms with Gasteiger partial charge in [0, 0.05) is 17.7 Å². The SMILES string of the molecule is N#C[C@H]1C(=S)N=C(c2ccc([N+](=O)[O-])cc2)C=C1c1ccccc1. The lowest BCUT2D eigenvalue weighted by atomic mass is 9.89. The van der Waals surface area contributed by atoms with E-state index in [1.807, 2.05) is 36.4 Å². The Kier molecular flexibility index (Phi) is 4.27. The van der Waals surface area contributed by atoms with Crippen LogP contribution < -0.4 is 0 Å². The molecule has 0 spiro atoms. The second kappa shape index (κ2) is 6.52. The fourth-order valence-electron chi connectivity index (χ4n) is 2.49. The van der Waals surface area contributed by atoms with Crippen LogP contribution in [0.3, 0.4) is 0 Å². The van der Waals surface area contributed by atoms with Crippen LogP contribution in [0.15, 0.2) is 65.7 Å². The van der Waals surface area contributed by atoms with E-state index in [0.29, 0.717) is 16.3 Å². The summed E-state index contributed by atoms with van der Waals surface area (Å²) in [7, 11) is 0. The van der Waals surface area contributed by atoms with Crippen LogP contribution in [0, 0.1) is 27.4 Å². The van der Waals surface area contributed by atoms with E-state index in [4.69, 9.17) is 12.2 Å². The topological polar surface area (TPSA) is 79.3 Å². The smallest absolute Gasteiger partial charge is 0.258 e. The van der Waals surface area contributed by atoms with Crippen molar-refractivity contribution in [3.8, 4) is 6.07 Å². The number of non-ortho nitro benzene ring substituents is 1. The van der Waals surface area contributed by atoms with Crippen molar-refractivity contribution in [3.05, 3.63) is 81.9 Å². The molecule has 0 amide bonds.